The van der Waals surface area contributed by atoms with Crippen LogP contribution in [0.15, 0.2) is 24.5 Å². The molecule has 0 atom stereocenters. The van der Waals surface area contributed by atoms with Gasteiger partial charge in [0.1, 0.15) is 5.76 Å². The molecule has 1 N–H and O–H groups in total. The molecule has 0 aromatic heterocycles. The van der Waals surface area contributed by atoms with E-state index in [4.69, 9.17) is 4.55 Å². The van der Waals surface area contributed by atoms with Crippen LogP contribution in [0.2, 0.25) is 0 Å². The van der Waals surface area contributed by atoms with Crippen molar-refractivity contribution in [1.82, 2.24) is 0 Å². The van der Waals surface area contributed by atoms with Gasteiger partial charge in [-0.05, 0) is 19.1 Å². The fourth-order valence-corrected chi connectivity index (χ4v) is 2.35. The van der Waals surface area contributed by atoms with E-state index < -0.39 is 42.4 Å². The van der Waals surface area contributed by atoms with Crippen LogP contribution in [0.3, 0.4) is 0 Å². The standard InChI is InChI=1S/C8H8F6O6S2/c1-3-5(4-2)20-22(18,19)8(13,14)6(9,10)7(11,12)21(15,16)17/h3-4H,1H2,2H3,(H,15,16,17). The summed E-state index contributed by atoms with van der Waals surface area (Å²) in [6, 6.07) is 0. The van der Waals surface area contributed by atoms with E-state index in [1.807, 2.05) is 0 Å². The first-order chi connectivity index (χ1) is 9.49. The molecular weight excluding hydrogens is 370 g/mol. The van der Waals surface area contributed by atoms with E-state index in [0.717, 1.165) is 6.92 Å². The molecule has 0 aliphatic carbocycles. The van der Waals surface area contributed by atoms with Crippen molar-refractivity contribution in [1.29, 1.82) is 0 Å². The molecule has 0 saturated carbocycles. The van der Waals surface area contributed by atoms with Crippen LogP contribution in [0.4, 0.5) is 26.3 Å². The van der Waals surface area contributed by atoms with Crippen LogP contribution in [0.1, 0.15) is 6.92 Å². The minimum atomic E-state index is -7.06. The molecule has 0 saturated heterocycles. The third kappa shape index (κ3) is 3.08. The smallest absolute Gasteiger partial charge is 0.378 e. The van der Waals surface area contributed by atoms with Gasteiger partial charge in [0.05, 0.1) is 0 Å². The summed E-state index contributed by atoms with van der Waals surface area (Å²) in [7, 11) is -13.8. The molecule has 6 nitrogen and oxygen atoms in total. The van der Waals surface area contributed by atoms with Crippen LogP contribution in [0.5, 0.6) is 0 Å². The Morgan fingerprint density at radius 2 is 1.45 bits per heavy atom. The lowest BCUT2D eigenvalue weighted by molar-refractivity contribution is -0.247. The van der Waals surface area contributed by atoms with Crippen molar-refractivity contribution >= 4 is 20.2 Å². The maximum Gasteiger partial charge on any atom is 0.450 e. The number of hydrogen-bond acceptors (Lipinski definition) is 5. The minimum absolute atomic E-state index is 0.479. The molecule has 0 aliphatic rings. The molecular formula is C8H8F6O6S2. The van der Waals surface area contributed by atoms with E-state index in [-0.39, 0.29) is 0 Å². The Bertz CT molecular complexity index is 678. The summed E-state index contributed by atoms with van der Waals surface area (Å²) in [5, 5.41) is -13.5. The zero-order chi connectivity index (χ0) is 18.2. The lowest BCUT2D eigenvalue weighted by atomic mass is 10.3. The second-order valence-corrected chi connectivity index (χ2v) is 6.57. The summed E-state index contributed by atoms with van der Waals surface area (Å²) in [6.07, 6.45) is 1.15. The summed E-state index contributed by atoms with van der Waals surface area (Å²) in [4.78, 5) is 0. The third-order valence-electron chi connectivity index (χ3n) is 2.06. The predicted octanol–water partition coefficient (Wildman–Crippen LogP) is 2.13. The molecule has 22 heavy (non-hydrogen) atoms. The number of hydrogen-bond donors (Lipinski definition) is 1. The topological polar surface area (TPSA) is 97.7 Å². The van der Waals surface area contributed by atoms with Crippen LogP contribution < -0.4 is 0 Å². The number of rotatable bonds is 7. The Kier molecular flexibility index (Phi) is 5.40. The first-order valence-electron chi connectivity index (χ1n) is 4.83. The molecule has 0 aromatic rings. The molecule has 0 heterocycles. The Labute approximate surface area is 120 Å². The molecule has 0 rings (SSSR count). The van der Waals surface area contributed by atoms with Crippen molar-refractivity contribution in [3.63, 3.8) is 0 Å². The van der Waals surface area contributed by atoms with Crippen molar-refractivity contribution in [3.05, 3.63) is 24.5 Å². The van der Waals surface area contributed by atoms with Gasteiger partial charge in [-0.15, -0.1) is 0 Å². The second-order valence-electron chi connectivity index (χ2n) is 3.52. The van der Waals surface area contributed by atoms with Gasteiger partial charge in [0, 0.05) is 0 Å². The predicted molar refractivity (Wildman–Crippen MR) is 60.3 cm³/mol. The first-order valence-corrected chi connectivity index (χ1v) is 7.67. The maximum absolute atomic E-state index is 13.3. The number of alkyl halides is 6. The molecule has 130 valence electrons. The van der Waals surface area contributed by atoms with Crippen molar-refractivity contribution in [2.75, 3.05) is 0 Å². The normalized spacial score (nSPS) is 15.5. The Morgan fingerprint density at radius 1 is 1.05 bits per heavy atom. The molecule has 0 amide bonds. The largest absolute Gasteiger partial charge is 0.450 e. The summed E-state index contributed by atoms with van der Waals surface area (Å²) in [5.74, 6) is -8.04. The molecule has 0 spiro atoms. The quantitative estimate of drug-likeness (QED) is 0.240. The van der Waals surface area contributed by atoms with Crippen molar-refractivity contribution < 1.29 is 51.9 Å². The van der Waals surface area contributed by atoms with Crippen LogP contribution in [-0.4, -0.2) is 37.8 Å². The van der Waals surface area contributed by atoms with Gasteiger partial charge in [-0.1, -0.05) is 6.58 Å². The van der Waals surface area contributed by atoms with E-state index in [1.54, 1.807) is 0 Å². The number of allylic oxidation sites excluding steroid dienone is 2. The van der Waals surface area contributed by atoms with E-state index in [2.05, 4.69) is 10.8 Å². The molecule has 0 aliphatic heterocycles. The van der Waals surface area contributed by atoms with Crippen LogP contribution in [-0.2, 0) is 24.4 Å². The van der Waals surface area contributed by atoms with E-state index in [0.29, 0.717) is 12.2 Å². The molecule has 0 fully saturated rings. The molecule has 0 bridgehead atoms. The van der Waals surface area contributed by atoms with Gasteiger partial charge in [0.25, 0.3) is 0 Å². The molecule has 0 radical (unpaired) electrons. The van der Waals surface area contributed by atoms with Gasteiger partial charge in [0.2, 0.25) is 0 Å². The van der Waals surface area contributed by atoms with Gasteiger partial charge in [-0.3, -0.25) is 4.55 Å². The molecule has 14 heteroatoms. The SMILES string of the molecule is C=CC(=CC)OS(=O)(=O)C(F)(F)C(F)(F)C(F)(F)S(=O)(=O)O. The van der Waals surface area contributed by atoms with Gasteiger partial charge in [-0.25, -0.2) is 0 Å². The summed E-state index contributed by atoms with van der Waals surface area (Å²) < 4.78 is 132. The van der Waals surface area contributed by atoms with E-state index in [1.165, 1.54) is 0 Å². The monoisotopic (exact) mass is 378 g/mol. The Hall–Kier alpha value is -1.28. The maximum atomic E-state index is 13.3. The average Bonchev–Trinajstić information content (AvgIpc) is 2.33. The van der Waals surface area contributed by atoms with Crippen molar-refractivity contribution in [2.24, 2.45) is 0 Å². The summed E-state index contributed by atoms with van der Waals surface area (Å²) >= 11 is 0. The third-order valence-corrected chi connectivity index (χ3v) is 4.26. The fraction of sp³-hybridized carbons (Fsp3) is 0.500. The van der Waals surface area contributed by atoms with E-state index in [9.17, 15) is 43.2 Å². The van der Waals surface area contributed by atoms with Gasteiger partial charge < -0.3 is 4.18 Å². The summed E-state index contributed by atoms with van der Waals surface area (Å²) in [5.41, 5.74) is 0. The number of halogens is 6. The highest BCUT2D eigenvalue weighted by Gasteiger charge is 2.83. The zero-order valence-corrected chi connectivity index (χ0v) is 12.1. The lowest BCUT2D eigenvalue weighted by Crippen LogP contribution is -2.60. The van der Waals surface area contributed by atoms with E-state index >= 15 is 0 Å². The van der Waals surface area contributed by atoms with Crippen molar-refractivity contribution in [2.45, 2.75) is 23.4 Å². The average molecular weight is 378 g/mol. The van der Waals surface area contributed by atoms with Gasteiger partial charge in [-0.2, -0.15) is 43.2 Å². The van der Waals surface area contributed by atoms with Crippen LogP contribution >= 0.6 is 0 Å². The highest BCUT2D eigenvalue weighted by molar-refractivity contribution is 7.88. The second kappa shape index (κ2) is 5.73. The fourth-order valence-electron chi connectivity index (χ4n) is 0.867. The van der Waals surface area contributed by atoms with Gasteiger partial charge in [0.15, 0.2) is 0 Å². The summed E-state index contributed by atoms with van der Waals surface area (Å²) in [6.45, 7) is 3.88. The van der Waals surface area contributed by atoms with Crippen molar-refractivity contribution in [3.8, 4) is 0 Å². The highest BCUT2D eigenvalue weighted by Crippen LogP contribution is 2.51. The zero-order valence-electron chi connectivity index (χ0n) is 10.4. The minimum Gasteiger partial charge on any atom is -0.378 e. The lowest BCUT2D eigenvalue weighted by Gasteiger charge is -2.29. The van der Waals surface area contributed by atoms with Crippen LogP contribution in [0, 0.1) is 0 Å². The Morgan fingerprint density at radius 3 is 1.73 bits per heavy atom. The Balaban J connectivity index is 6.18. The molecule has 0 aromatic carbocycles. The van der Waals surface area contributed by atoms with Crippen LogP contribution in [0.25, 0.3) is 0 Å². The van der Waals surface area contributed by atoms with Gasteiger partial charge >= 0.3 is 36.7 Å². The first kappa shape index (κ1) is 20.7. The molecule has 0 unspecified atom stereocenters. The highest BCUT2D eigenvalue weighted by atomic mass is 32.2.